The molecule has 0 amide bonds. The fourth-order valence-corrected chi connectivity index (χ4v) is 1.64. The Bertz CT molecular complexity index is 447. The number of hydrogen-bond donors (Lipinski definition) is 1. The van der Waals surface area contributed by atoms with Crippen molar-refractivity contribution in [3.05, 3.63) is 40.6 Å². The molecule has 0 saturated carbocycles. The lowest BCUT2D eigenvalue weighted by atomic mass is 10.3. The van der Waals surface area contributed by atoms with Crippen LogP contribution in [0.5, 0.6) is 5.75 Å². The van der Waals surface area contributed by atoms with E-state index in [-0.39, 0.29) is 5.75 Å². The third kappa shape index (κ3) is 1.84. The molecule has 1 aromatic heterocycles. The smallest absolute Gasteiger partial charge is 0.153 e. The molecule has 0 bridgehead atoms. The quantitative estimate of drug-likeness (QED) is 0.816. The molecule has 0 atom stereocenters. The van der Waals surface area contributed by atoms with Crippen LogP contribution in [-0.4, -0.2) is 14.9 Å². The minimum absolute atomic E-state index is 0.0982. The molecule has 2 aromatic rings. The first-order valence-electron chi connectivity index (χ1n) is 3.85. The number of rotatable bonds is 1. The number of aromatic hydroxyl groups is 1. The minimum Gasteiger partial charge on any atom is -0.505 e. The van der Waals surface area contributed by atoms with Gasteiger partial charge in [-0.25, -0.2) is 4.68 Å². The fraction of sp³-hybridized carbons (Fsp3) is 0. The van der Waals surface area contributed by atoms with Gasteiger partial charge in [0.1, 0.15) is 0 Å². The Balaban J connectivity index is 2.51. The van der Waals surface area contributed by atoms with Crippen molar-refractivity contribution < 1.29 is 5.11 Å². The van der Waals surface area contributed by atoms with Crippen molar-refractivity contribution in [3.63, 3.8) is 0 Å². The van der Waals surface area contributed by atoms with Crippen LogP contribution >= 0.6 is 23.2 Å². The minimum atomic E-state index is 0.0982. The maximum Gasteiger partial charge on any atom is 0.153 e. The van der Waals surface area contributed by atoms with Crippen molar-refractivity contribution in [1.29, 1.82) is 0 Å². The monoisotopic (exact) mass is 228 g/mol. The standard InChI is InChI=1S/C9H6Cl2N2O/c10-6-1-7(11)3-8(2-6)13-5-9(14)4-12-13/h1-5,14H. The van der Waals surface area contributed by atoms with E-state index in [1.165, 1.54) is 17.1 Å². The van der Waals surface area contributed by atoms with Crippen LogP contribution in [0.4, 0.5) is 0 Å². The summed E-state index contributed by atoms with van der Waals surface area (Å²) in [6.45, 7) is 0. The second kappa shape index (κ2) is 3.52. The molecule has 2 rings (SSSR count). The average molecular weight is 229 g/mol. The summed E-state index contributed by atoms with van der Waals surface area (Å²) in [6, 6.07) is 5.05. The maximum atomic E-state index is 9.10. The van der Waals surface area contributed by atoms with Gasteiger partial charge < -0.3 is 5.11 Å². The van der Waals surface area contributed by atoms with E-state index in [1.807, 2.05) is 0 Å². The molecule has 1 heterocycles. The molecular formula is C9H6Cl2N2O. The van der Waals surface area contributed by atoms with Crippen LogP contribution < -0.4 is 0 Å². The largest absolute Gasteiger partial charge is 0.505 e. The fourth-order valence-electron chi connectivity index (χ4n) is 1.13. The molecule has 1 N–H and O–H groups in total. The SMILES string of the molecule is Oc1cnn(-c2cc(Cl)cc(Cl)c2)c1. The van der Waals surface area contributed by atoms with Gasteiger partial charge in [0.15, 0.2) is 5.75 Å². The van der Waals surface area contributed by atoms with E-state index in [0.717, 1.165) is 0 Å². The van der Waals surface area contributed by atoms with Crippen molar-refractivity contribution in [1.82, 2.24) is 9.78 Å². The van der Waals surface area contributed by atoms with Gasteiger partial charge in [0.25, 0.3) is 0 Å². The Morgan fingerprint density at radius 1 is 1.14 bits per heavy atom. The van der Waals surface area contributed by atoms with E-state index >= 15 is 0 Å². The van der Waals surface area contributed by atoms with E-state index in [2.05, 4.69) is 5.10 Å². The van der Waals surface area contributed by atoms with Crippen molar-refractivity contribution in [3.8, 4) is 11.4 Å². The van der Waals surface area contributed by atoms with E-state index in [0.29, 0.717) is 15.7 Å². The second-order valence-electron chi connectivity index (χ2n) is 2.77. The van der Waals surface area contributed by atoms with Crippen LogP contribution in [0.25, 0.3) is 5.69 Å². The van der Waals surface area contributed by atoms with Crippen molar-refractivity contribution >= 4 is 23.2 Å². The molecule has 5 heteroatoms. The van der Waals surface area contributed by atoms with Crippen LogP contribution in [0.3, 0.4) is 0 Å². The lowest BCUT2D eigenvalue weighted by Gasteiger charge is -2.01. The molecule has 0 fully saturated rings. The number of aromatic nitrogens is 2. The summed E-state index contributed by atoms with van der Waals surface area (Å²) in [5.74, 6) is 0.0982. The summed E-state index contributed by atoms with van der Waals surface area (Å²) in [7, 11) is 0. The summed E-state index contributed by atoms with van der Waals surface area (Å²) < 4.78 is 1.49. The Hall–Kier alpha value is -1.19. The van der Waals surface area contributed by atoms with Crippen molar-refractivity contribution in [2.45, 2.75) is 0 Å². The maximum absolute atomic E-state index is 9.10. The third-order valence-electron chi connectivity index (χ3n) is 1.68. The molecule has 0 aliphatic heterocycles. The highest BCUT2D eigenvalue weighted by Gasteiger charge is 2.02. The van der Waals surface area contributed by atoms with Crippen molar-refractivity contribution in [2.24, 2.45) is 0 Å². The zero-order chi connectivity index (χ0) is 10.1. The summed E-state index contributed by atoms with van der Waals surface area (Å²) in [5, 5.41) is 14.1. The molecule has 0 saturated heterocycles. The number of hydrogen-bond acceptors (Lipinski definition) is 2. The van der Waals surface area contributed by atoms with Gasteiger partial charge in [-0.3, -0.25) is 0 Å². The van der Waals surface area contributed by atoms with Crippen LogP contribution in [0.15, 0.2) is 30.6 Å². The normalized spacial score (nSPS) is 10.4. The van der Waals surface area contributed by atoms with Gasteiger partial charge in [0.05, 0.1) is 18.1 Å². The predicted molar refractivity (Wildman–Crippen MR) is 55.2 cm³/mol. The van der Waals surface area contributed by atoms with E-state index in [1.54, 1.807) is 18.2 Å². The van der Waals surface area contributed by atoms with Crippen LogP contribution in [0.1, 0.15) is 0 Å². The van der Waals surface area contributed by atoms with Crippen molar-refractivity contribution in [2.75, 3.05) is 0 Å². The van der Waals surface area contributed by atoms with Crippen LogP contribution in [-0.2, 0) is 0 Å². The van der Waals surface area contributed by atoms with Gasteiger partial charge in [0, 0.05) is 10.0 Å². The average Bonchev–Trinajstić information content (AvgIpc) is 2.50. The van der Waals surface area contributed by atoms with Crippen LogP contribution in [0, 0.1) is 0 Å². The molecule has 0 radical (unpaired) electrons. The van der Waals surface area contributed by atoms with E-state index < -0.39 is 0 Å². The lowest BCUT2D eigenvalue weighted by molar-refractivity contribution is 0.475. The molecule has 0 aliphatic rings. The summed E-state index contributed by atoms with van der Waals surface area (Å²) >= 11 is 11.6. The second-order valence-corrected chi connectivity index (χ2v) is 3.64. The zero-order valence-electron chi connectivity index (χ0n) is 6.98. The first-order valence-corrected chi connectivity index (χ1v) is 4.61. The first-order chi connectivity index (χ1) is 6.65. The summed E-state index contributed by atoms with van der Waals surface area (Å²) in [4.78, 5) is 0. The summed E-state index contributed by atoms with van der Waals surface area (Å²) in [6.07, 6.45) is 2.82. The topological polar surface area (TPSA) is 38.1 Å². The Kier molecular flexibility index (Phi) is 2.35. The molecule has 14 heavy (non-hydrogen) atoms. The number of halogens is 2. The zero-order valence-corrected chi connectivity index (χ0v) is 8.50. The number of nitrogens with zero attached hydrogens (tertiary/aromatic N) is 2. The van der Waals surface area contributed by atoms with Gasteiger partial charge in [-0.1, -0.05) is 23.2 Å². The number of benzene rings is 1. The first kappa shape index (κ1) is 9.37. The molecule has 72 valence electrons. The van der Waals surface area contributed by atoms with Gasteiger partial charge in [-0.05, 0) is 18.2 Å². The lowest BCUT2D eigenvalue weighted by Crippen LogP contribution is -1.93. The van der Waals surface area contributed by atoms with E-state index in [4.69, 9.17) is 28.3 Å². The summed E-state index contributed by atoms with van der Waals surface area (Å²) in [5.41, 5.74) is 0.711. The third-order valence-corrected chi connectivity index (χ3v) is 2.12. The molecule has 3 nitrogen and oxygen atoms in total. The highest BCUT2D eigenvalue weighted by molar-refractivity contribution is 6.34. The highest BCUT2D eigenvalue weighted by Crippen LogP contribution is 2.22. The highest BCUT2D eigenvalue weighted by atomic mass is 35.5. The predicted octanol–water partition coefficient (Wildman–Crippen LogP) is 2.88. The van der Waals surface area contributed by atoms with Gasteiger partial charge in [-0.15, -0.1) is 0 Å². The van der Waals surface area contributed by atoms with E-state index in [9.17, 15) is 0 Å². The van der Waals surface area contributed by atoms with Gasteiger partial charge in [0.2, 0.25) is 0 Å². The molecule has 0 unspecified atom stereocenters. The van der Waals surface area contributed by atoms with Crippen LogP contribution in [0.2, 0.25) is 10.0 Å². The molecular weight excluding hydrogens is 223 g/mol. The Labute approximate surface area is 90.5 Å². The van der Waals surface area contributed by atoms with Gasteiger partial charge in [-0.2, -0.15) is 5.10 Å². The Morgan fingerprint density at radius 2 is 1.79 bits per heavy atom. The molecule has 0 aliphatic carbocycles. The molecule has 1 aromatic carbocycles. The molecule has 0 spiro atoms. The Morgan fingerprint density at radius 3 is 2.29 bits per heavy atom. The van der Waals surface area contributed by atoms with Gasteiger partial charge >= 0.3 is 0 Å².